The number of hydrogen-bond donors (Lipinski definition) is 0. The van der Waals surface area contributed by atoms with Crippen LogP contribution in [-0.2, 0) is 39.1 Å². The first kappa shape index (κ1) is 40.2. The fraction of sp³-hybridized carbons (Fsp3) is 0.939. The van der Waals surface area contributed by atoms with Crippen LogP contribution in [0.2, 0.25) is 0 Å². The molecule has 41 heavy (non-hydrogen) atoms. The summed E-state index contributed by atoms with van der Waals surface area (Å²) in [4.78, 5) is 46.6. The van der Waals surface area contributed by atoms with E-state index in [9.17, 15) is 0 Å². The first-order valence-corrected chi connectivity index (χ1v) is 14.9. The highest BCUT2D eigenvalue weighted by molar-refractivity contribution is 5.19. The Morgan fingerprint density at radius 2 is 0.829 bits per heavy atom. The van der Waals surface area contributed by atoms with Gasteiger partial charge in [-0.3, -0.25) is 0 Å². The maximum Gasteiger partial charge on any atom is 0.161 e. The van der Waals surface area contributed by atoms with Crippen molar-refractivity contribution in [3.05, 3.63) is 0 Å². The molecule has 0 fully saturated rings. The van der Waals surface area contributed by atoms with Crippen molar-refractivity contribution in [2.75, 3.05) is 0 Å². The van der Waals surface area contributed by atoms with Crippen LogP contribution < -0.4 is 0 Å². The number of rotatable bonds is 14. The van der Waals surface area contributed by atoms with Gasteiger partial charge in [0.1, 0.15) is 11.2 Å². The molecule has 0 rings (SSSR count). The van der Waals surface area contributed by atoms with E-state index in [0.29, 0.717) is 19.3 Å². The molecular weight excluding hydrogens is 524 g/mol. The Bertz CT molecular complexity index is 842. The number of hydrogen-bond acceptors (Lipinski definition) is 8. The first-order valence-electron chi connectivity index (χ1n) is 14.9. The zero-order valence-corrected chi connectivity index (χ0v) is 30.0. The van der Waals surface area contributed by atoms with Gasteiger partial charge in [-0.25, -0.2) is 39.1 Å². The fourth-order valence-corrected chi connectivity index (χ4v) is 2.99. The summed E-state index contributed by atoms with van der Waals surface area (Å²) in [6.45, 7) is 37.1. The lowest BCUT2D eigenvalue weighted by molar-refractivity contribution is -0.422. The largest absolute Gasteiger partial charge is 0.230 e. The van der Waals surface area contributed by atoms with E-state index in [1.54, 1.807) is 0 Å². The van der Waals surface area contributed by atoms with Crippen LogP contribution in [0.25, 0.3) is 0 Å². The molecule has 0 spiro atoms. The van der Waals surface area contributed by atoms with Gasteiger partial charge in [-0.15, -0.1) is 0 Å². The summed E-state index contributed by atoms with van der Waals surface area (Å²) >= 11 is 0. The smallest absolute Gasteiger partial charge is 0.161 e. The monoisotopic (exact) mass is 588 g/mol. The van der Waals surface area contributed by atoms with E-state index in [1.807, 2.05) is 125 Å². The van der Waals surface area contributed by atoms with Gasteiger partial charge in [-0.1, -0.05) is 18.8 Å². The summed E-state index contributed by atoms with van der Waals surface area (Å²) in [6.07, 6.45) is 1.67. The summed E-state index contributed by atoms with van der Waals surface area (Å²) in [7, 11) is 0. The van der Waals surface area contributed by atoms with E-state index >= 15 is 0 Å². The summed E-state index contributed by atoms with van der Waals surface area (Å²) in [5, 5.41) is 0. The molecular formula is C33H64O8. The van der Waals surface area contributed by atoms with Crippen LogP contribution in [-0.4, -0.2) is 44.8 Å². The molecule has 3 unspecified atom stereocenters. The lowest BCUT2D eigenvalue weighted by Gasteiger charge is -2.40. The molecule has 8 heteroatoms. The van der Waals surface area contributed by atoms with Crippen LogP contribution in [0.1, 0.15) is 151 Å². The van der Waals surface area contributed by atoms with Gasteiger partial charge in [0.2, 0.25) is 0 Å². The van der Waals surface area contributed by atoms with Crippen molar-refractivity contribution in [2.45, 2.75) is 196 Å². The molecule has 0 saturated carbocycles. The minimum absolute atomic E-state index is 0.0457. The molecule has 0 heterocycles. The lowest BCUT2D eigenvalue weighted by Crippen LogP contribution is -2.43. The van der Waals surface area contributed by atoms with Gasteiger partial charge in [0, 0.05) is 0 Å². The molecule has 244 valence electrons. The van der Waals surface area contributed by atoms with Gasteiger partial charge < -0.3 is 0 Å². The Morgan fingerprint density at radius 1 is 0.439 bits per heavy atom. The molecule has 8 nitrogen and oxygen atoms in total. The molecule has 0 aliphatic rings. The van der Waals surface area contributed by atoms with Crippen LogP contribution in [0.5, 0.6) is 0 Å². The van der Waals surface area contributed by atoms with Crippen molar-refractivity contribution in [2.24, 2.45) is 5.92 Å². The predicted molar refractivity (Wildman–Crippen MR) is 163 cm³/mol. The van der Waals surface area contributed by atoms with Gasteiger partial charge in [-0.05, 0) is 150 Å². The van der Waals surface area contributed by atoms with E-state index < -0.39 is 44.8 Å². The average Bonchev–Trinajstić information content (AvgIpc) is 2.75. The highest BCUT2D eigenvalue weighted by Gasteiger charge is 2.41. The summed E-state index contributed by atoms with van der Waals surface area (Å²) < 4.78 is 0. The van der Waals surface area contributed by atoms with Crippen LogP contribution in [0.4, 0.5) is 0 Å². The Balaban J connectivity index is 6.11. The topological polar surface area (TPSA) is 73.8 Å². The molecule has 0 bridgehead atoms. The third-order valence-electron chi connectivity index (χ3n) is 5.66. The van der Waals surface area contributed by atoms with Crippen molar-refractivity contribution in [3.8, 4) is 11.8 Å². The van der Waals surface area contributed by atoms with E-state index in [0.717, 1.165) is 0 Å². The molecule has 0 N–H and O–H groups in total. The highest BCUT2D eigenvalue weighted by atomic mass is 17.2. The van der Waals surface area contributed by atoms with E-state index in [4.69, 9.17) is 39.1 Å². The van der Waals surface area contributed by atoms with Gasteiger partial charge in [-0.2, -0.15) is 0 Å². The van der Waals surface area contributed by atoms with Crippen molar-refractivity contribution >= 4 is 0 Å². The van der Waals surface area contributed by atoms with Crippen molar-refractivity contribution in [1.82, 2.24) is 0 Å². The van der Waals surface area contributed by atoms with Gasteiger partial charge in [0.05, 0.1) is 22.4 Å². The maximum atomic E-state index is 6.18. The minimum atomic E-state index is -0.980. The lowest BCUT2D eigenvalue weighted by atomic mass is 9.80. The van der Waals surface area contributed by atoms with Crippen molar-refractivity contribution < 1.29 is 39.1 Å². The van der Waals surface area contributed by atoms with E-state index in [1.165, 1.54) is 0 Å². The minimum Gasteiger partial charge on any atom is -0.230 e. The fourth-order valence-electron chi connectivity index (χ4n) is 2.99. The average molecular weight is 589 g/mol. The quantitative estimate of drug-likeness (QED) is 0.113. The standard InChI is InChI=1S/C33H64O8/c1-25(31(16,17)39-35-27(5,6)7)24-33(19,41-37-29(11,12)13)23-22-32(18,40-36-28(8,9)10)21-20-30(14,15)38-34-26(2,3)4/h25H,22-24H2,1-19H3. The Kier molecular flexibility index (Phi) is 14.1. The highest BCUT2D eigenvalue weighted by Crippen LogP contribution is 2.37. The van der Waals surface area contributed by atoms with Crippen molar-refractivity contribution in [1.29, 1.82) is 0 Å². The Morgan fingerprint density at radius 3 is 1.27 bits per heavy atom. The predicted octanol–water partition coefficient (Wildman–Crippen LogP) is 8.86. The second-order valence-electron chi connectivity index (χ2n) is 16.8. The van der Waals surface area contributed by atoms with E-state index in [-0.39, 0.29) is 5.92 Å². The van der Waals surface area contributed by atoms with Crippen molar-refractivity contribution in [3.63, 3.8) is 0 Å². The van der Waals surface area contributed by atoms with Gasteiger partial charge >= 0.3 is 0 Å². The summed E-state index contributed by atoms with van der Waals surface area (Å²) in [6, 6.07) is 0. The molecule has 0 aromatic carbocycles. The second kappa shape index (κ2) is 14.3. The van der Waals surface area contributed by atoms with Gasteiger partial charge in [0.15, 0.2) is 11.2 Å². The van der Waals surface area contributed by atoms with Gasteiger partial charge in [0.25, 0.3) is 0 Å². The SMILES string of the molecule is CC(CC(C)(CCC(C)(C#CC(C)(C)OOC(C)(C)C)OOC(C)(C)C)OOC(C)(C)C)C(C)(C)OOC(C)(C)C. The third kappa shape index (κ3) is 19.9. The molecule has 0 aliphatic heterocycles. The molecule has 0 aliphatic carbocycles. The van der Waals surface area contributed by atoms with Crippen LogP contribution in [0, 0.1) is 17.8 Å². The van der Waals surface area contributed by atoms with Crippen LogP contribution in [0.3, 0.4) is 0 Å². The molecule has 0 saturated heterocycles. The Hall–Kier alpha value is -0.760. The molecule has 3 atom stereocenters. The summed E-state index contributed by atoms with van der Waals surface area (Å²) in [5.41, 5.74) is -5.05. The van der Waals surface area contributed by atoms with E-state index in [2.05, 4.69) is 18.8 Å². The first-order chi connectivity index (χ1) is 17.9. The molecule has 0 amide bonds. The Labute approximate surface area is 252 Å². The normalized spacial score (nSPS) is 17.8. The zero-order chi connectivity index (χ0) is 32.8. The van der Waals surface area contributed by atoms with Crippen LogP contribution >= 0.6 is 0 Å². The zero-order valence-electron chi connectivity index (χ0n) is 30.0. The van der Waals surface area contributed by atoms with Crippen LogP contribution in [0.15, 0.2) is 0 Å². The second-order valence-corrected chi connectivity index (χ2v) is 16.8. The molecule has 0 aromatic rings. The summed E-state index contributed by atoms with van der Waals surface area (Å²) in [5.74, 6) is 6.50. The molecule has 0 radical (unpaired) electrons. The molecule has 0 aromatic heterocycles. The third-order valence-corrected chi connectivity index (χ3v) is 5.66. The maximum absolute atomic E-state index is 6.18.